The topological polar surface area (TPSA) is 79.0 Å². The van der Waals surface area contributed by atoms with E-state index in [4.69, 9.17) is 5.26 Å². The summed E-state index contributed by atoms with van der Waals surface area (Å²) < 4.78 is 28.4. The van der Waals surface area contributed by atoms with Gasteiger partial charge in [-0.2, -0.15) is 14.7 Å². The normalized spacial score (nSPS) is 11.4. The van der Waals surface area contributed by atoms with Gasteiger partial charge in [-0.3, -0.25) is 4.68 Å². The summed E-state index contributed by atoms with van der Waals surface area (Å²) in [5.41, 5.74) is 2.30. The molecule has 0 aliphatic carbocycles. The molecule has 6 nitrogen and oxygen atoms in total. The Morgan fingerprint density at radius 3 is 2.58 bits per heavy atom. The molecule has 0 fully saturated rings. The molecule has 0 saturated carbocycles. The Hall–Kier alpha value is -2.95. The summed E-state index contributed by atoms with van der Waals surface area (Å²) in [7, 11) is -2.14. The van der Waals surface area contributed by atoms with Gasteiger partial charge >= 0.3 is 0 Å². The molecule has 1 aromatic heterocycles. The molecule has 0 bridgehead atoms. The van der Waals surface area contributed by atoms with E-state index >= 15 is 0 Å². The van der Waals surface area contributed by atoms with E-state index < -0.39 is 10.0 Å². The van der Waals surface area contributed by atoms with Crippen LogP contribution in [0.5, 0.6) is 0 Å². The van der Waals surface area contributed by atoms with Gasteiger partial charge in [-0.25, -0.2) is 8.42 Å². The average molecular weight is 366 g/mol. The number of hydrogen-bond donors (Lipinski definition) is 0. The first kappa shape index (κ1) is 17.9. The van der Waals surface area contributed by atoms with Gasteiger partial charge in [0.2, 0.25) is 10.0 Å². The van der Waals surface area contributed by atoms with E-state index in [1.807, 2.05) is 30.3 Å². The Balaban J connectivity index is 1.76. The highest BCUT2D eigenvalue weighted by Gasteiger charge is 2.23. The molecule has 7 heteroatoms. The van der Waals surface area contributed by atoms with Crippen molar-refractivity contribution in [2.24, 2.45) is 0 Å². The zero-order chi connectivity index (χ0) is 18.6. The molecule has 0 aliphatic heterocycles. The molecule has 2 aromatic carbocycles. The fraction of sp³-hybridized carbons (Fsp3) is 0.158. The minimum atomic E-state index is -3.66. The third-order valence-corrected chi connectivity index (χ3v) is 5.72. The molecule has 0 amide bonds. The van der Waals surface area contributed by atoms with Gasteiger partial charge in [0.05, 0.1) is 24.4 Å². The summed E-state index contributed by atoms with van der Waals surface area (Å²) in [5.74, 6) is 0. The van der Waals surface area contributed by atoms with Crippen LogP contribution in [0.2, 0.25) is 0 Å². The van der Waals surface area contributed by atoms with Gasteiger partial charge in [0.25, 0.3) is 0 Å². The molecule has 132 valence electrons. The standard InChI is InChI=1S/C19H18N4O2S/c1-22(13-18-9-5-8-17(10-18)11-20)26(24,25)19-12-21-23(15-19)14-16-6-3-2-4-7-16/h2-10,12,15H,13-14H2,1H3. The van der Waals surface area contributed by atoms with Crippen LogP contribution in [0.3, 0.4) is 0 Å². The quantitative estimate of drug-likeness (QED) is 0.672. The van der Waals surface area contributed by atoms with Gasteiger partial charge in [-0.15, -0.1) is 0 Å². The van der Waals surface area contributed by atoms with Gasteiger partial charge in [0.15, 0.2) is 0 Å². The van der Waals surface area contributed by atoms with Gasteiger partial charge in [-0.1, -0.05) is 42.5 Å². The lowest BCUT2D eigenvalue weighted by atomic mass is 10.1. The van der Waals surface area contributed by atoms with Gasteiger partial charge < -0.3 is 0 Å². The van der Waals surface area contributed by atoms with Crippen LogP contribution in [0.4, 0.5) is 0 Å². The van der Waals surface area contributed by atoms with E-state index in [1.54, 1.807) is 28.9 Å². The lowest BCUT2D eigenvalue weighted by molar-refractivity contribution is 0.466. The van der Waals surface area contributed by atoms with Crippen LogP contribution in [-0.4, -0.2) is 29.6 Å². The minimum Gasteiger partial charge on any atom is -0.267 e. The molecule has 3 aromatic rings. The van der Waals surface area contributed by atoms with Crippen LogP contribution in [0.15, 0.2) is 71.9 Å². The fourth-order valence-corrected chi connectivity index (χ4v) is 3.71. The van der Waals surface area contributed by atoms with E-state index in [0.29, 0.717) is 12.1 Å². The molecule has 3 rings (SSSR count). The Kier molecular flexibility index (Phi) is 5.16. The van der Waals surface area contributed by atoms with Crippen LogP contribution in [0, 0.1) is 11.3 Å². The van der Waals surface area contributed by atoms with E-state index in [9.17, 15) is 8.42 Å². The highest BCUT2D eigenvalue weighted by Crippen LogP contribution is 2.17. The number of nitriles is 1. The Morgan fingerprint density at radius 2 is 1.85 bits per heavy atom. The van der Waals surface area contributed by atoms with Crippen molar-refractivity contribution in [1.29, 1.82) is 5.26 Å². The fourth-order valence-electron chi connectivity index (χ4n) is 2.60. The number of sulfonamides is 1. The Bertz CT molecular complexity index is 1040. The highest BCUT2D eigenvalue weighted by molar-refractivity contribution is 7.89. The molecule has 0 unspecified atom stereocenters. The predicted octanol–water partition coefficient (Wildman–Crippen LogP) is 2.62. The number of aromatic nitrogens is 2. The second-order valence-corrected chi connectivity index (χ2v) is 7.98. The summed E-state index contributed by atoms with van der Waals surface area (Å²) in [5, 5.41) is 13.1. The van der Waals surface area contributed by atoms with Crippen molar-refractivity contribution < 1.29 is 8.42 Å². The first-order valence-electron chi connectivity index (χ1n) is 8.01. The molecular formula is C19H18N4O2S. The minimum absolute atomic E-state index is 0.146. The monoisotopic (exact) mass is 366 g/mol. The van der Waals surface area contributed by atoms with E-state index in [0.717, 1.165) is 11.1 Å². The summed E-state index contributed by atoms with van der Waals surface area (Å²) in [6.07, 6.45) is 2.89. The van der Waals surface area contributed by atoms with Gasteiger partial charge in [0.1, 0.15) is 4.90 Å². The number of benzene rings is 2. The van der Waals surface area contributed by atoms with E-state index in [2.05, 4.69) is 11.2 Å². The molecular weight excluding hydrogens is 348 g/mol. The molecule has 0 spiro atoms. The molecule has 0 aliphatic rings. The molecule has 1 heterocycles. The predicted molar refractivity (Wildman–Crippen MR) is 97.6 cm³/mol. The van der Waals surface area contributed by atoms with Gasteiger partial charge in [-0.05, 0) is 23.3 Å². The maximum Gasteiger partial charge on any atom is 0.246 e. The first-order chi connectivity index (χ1) is 12.5. The Labute approximate surface area is 153 Å². The molecule has 0 N–H and O–H groups in total. The van der Waals surface area contributed by atoms with Crippen LogP contribution < -0.4 is 0 Å². The van der Waals surface area contributed by atoms with Crippen molar-refractivity contribution in [2.75, 3.05) is 7.05 Å². The van der Waals surface area contributed by atoms with Crippen molar-refractivity contribution in [2.45, 2.75) is 18.0 Å². The SMILES string of the molecule is CN(Cc1cccc(C#N)c1)S(=O)(=O)c1cnn(Cc2ccccc2)c1. The van der Waals surface area contributed by atoms with Crippen molar-refractivity contribution in [3.05, 3.63) is 83.7 Å². The van der Waals surface area contributed by atoms with Crippen molar-refractivity contribution in [3.8, 4) is 6.07 Å². The van der Waals surface area contributed by atoms with Gasteiger partial charge in [0, 0.05) is 19.8 Å². The molecule has 0 saturated heterocycles. The summed E-state index contributed by atoms with van der Waals surface area (Å²) in [6.45, 7) is 0.687. The maximum absolute atomic E-state index is 12.8. The van der Waals surface area contributed by atoms with Crippen LogP contribution >= 0.6 is 0 Å². The van der Waals surface area contributed by atoms with E-state index in [1.165, 1.54) is 23.7 Å². The summed E-state index contributed by atoms with van der Waals surface area (Å²) in [6, 6.07) is 18.7. The second-order valence-electron chi connectivity index (χ2n) is 5.93. The Morgan fingerprint density at radius 1 is 1.12 bits per heavy atom. The van der Waals surface area contributed by atoms with Crippen LogP contribution in [0.25, 0.3) is 0 Å². The highest BCUT2D eigenvalue weighted by atomic mass is 32.2. The average Bonchev–Trinajstić information content (AvgIpc) is 3.12. The van der Waals surface area contributed by atoms with E-state index in [-0.39, 0.29) is 11.4 Å². The van der Waals surface area contributed by atoms with Crippen LogP contribution in [0.1, 0.15) is 16.7 Å². The third-order valence-electron chi connectivity index (χ3n) is 3.97. The first-order valence-corrected chi connectivity index (χ1v) is 9.45. The van der Waals surface area contributed by atoms with Crippen molar-refractivity contribution >= 4 is 10.0 Å². The smallest absolute Gasteiger partial charge is 0.246 e. The summed E-state index contributed by atoms with van der Waals surface area (Å²) in [4.78, 5) is 0.146. The molecule has 0 atom stereocenters. The van der Waals surface area contributed by atoms with Crippen LogP contribution in [-0.2, 0) is 23.1 Å². The number of hydrogen-bond acceptors (Lipinski definition) is 4. The van der Waals surface area contributed by atoms with Crippen molar-refractivity contribution in [3.63, 3.8) is 0 Å². The number of nitrogens with zero attached hydrogens (tertiary/aromatic N) is 4. The zero-order valence-electron chi connectivity index (χ0n) is 14.3. The van der Waals surface area contributed by atoms with Crippen molar-refractivity contribution in [1.82, 2.24) is 14.1 Å². The summed E-state index contributed by atoms with van der Waals surface area (Å²) >= 11 is 0. The molecule has 0 radical (unpaired) electrons. The second kappa shape index (κ2) is 7.52. The lowest BCUT2D eigenvalue weighted by Gasteiger charge is -2.16. The largest absolute Gasteiger partial charge is 0.267 e. The lowest BCUT2D eigenvalue weighted by Crippen LogP contribution is -2.26. The zero-order valence-corrected chi connectivity index (χ0v) is 15.1. The third kappa shape index (κ3) is 3.99. The number of rotatable bonds is 6. The molecule has 26 heavy (non-hydrogen) atoms. The maximum atomic E-state index is 12.8.